The molecule has 0 aliphatic carbocycles. The summed E-state index contributed by atoms with van der Waals surface area (Å²) in [5.41, 5.74) is 1.97. The van der Waals surface area contributed by atoms with Gasteiger partial charge in [0.25, 0.3) is 5.91 Å². The van der Waals surface area contributed by atoms with Gasteiger partial charge in [0, 0.05) is 12.1 Å². The summed E-state index contributed by atoms with van der Waals surface area (Å²) in [6, 6.07) is 12.5. The quantitative estimate of drug-likeness (QED) is 0.711. The average Bonchev–Trinajstić information content (AvgIpc) is 3.14. The van der Waals surface area contributed by atoms with E-state index in [2.05, 4.69) is 15.5 Å². The number of para-hydroxylation sites is 1. The number of nitrogens with zero attached hydrogens (tertiary/aromatic N) is 1. The number of carbonyl (C=O) groups is 1. The maximum absolute atomic E-state index is 13.3. The minimum absolute atomic E-state index is 0.241. The number of methoxy groups -OCH3 is 1. The molecule has 2 aromatic carbocycles. The molecule has 0 aliphatic rings. The molecule has 134 valence electrons. The van der Waals surface area contributed by atoms with Gasteiger partial charge in [0.1, 0.15) is 11.4 Å². The summed E-state index contributed by atoms with van der Waals surface area (Å²) in [4.78, 5) is 12.2. The molecule has 3 aromatic rings. The first-order valence-corrected chi connectivity index (χ1v) is 7.99. The van der Waals surface area contributed by atoms with E-state index in [1.54, 1.807) is 7.11 Å². The smallest absolute Gasteiger partial charge is 0.269 e. The van der Waals surface area contributed by atoms with Crippen LogP contribution in [-0.2, 0) is 6.42 Å². The van der Waals surface area contributed by atoms with E-state index >= 15 is 0 Å². The highest BCUT2D eigenvalue weighted by atomic mass is 19.2. The van der Waals surface area contributed by atoms with Crippen molar-refractivity contribution in [1.82, 2.24) is 15.5 Å². The first-order chi connectivity index (χ1) is 12.6. The zero-order chi connectivity index (χ0) is 18.5. The van der Waals surface area contributed by atoms with Crippen molar-refractivity contribution >= 4 is 5.91 Å². The average molecular weight is 357 g/mol. The van der Waals surface area contributed by atoms with Crippen LogP contribution in [0.15, 0.2) is 48.5 Å². The Hall–Kier alpha value is -3.22. The molecule has 0 atom stereocenters. The van der Waals surface area contributed by atoms with Gasteiger partial charge in [-0.05, 0) is 42.3 Å². The number of hydrogen-bond acceptors (Lipinski definition) is 3. The van der Waals surface area contributed by atoms with E-state index in [0.717, 1.165) is 23.4 Å². The minimum Gasteiger partial charge on any atom is -0.496 e. The third-order valence-corrected chi connectivity index (χ3v) is 3.91. The fourth-order valence-electron chi connectivity index (χ4n) is 2.56. The molecule has 0 spiro atoms. The molecular formula is C19H17F2N3O2. The van der Waals surface area contributed by atoms with E-state index in [1.807, 2.05) is 24.3 Å². The summed E-state index contributed by atoms with van der Waals surface area (Å²) in [7, 11) is 1.60. The van der Waals surface area contributed by atoms with E-state index in [-0.39, 0.29) is 11.6 Å². The summed E-state index contributed by atoms with van der Waals surface area (Å²) in [5.74, 6) is -1.46. The maximum atomic E-state index is 13.3. The van der Waals surface area contributed by atoms with E-state index in [1.165, 1.54) is 12.1 Å². The van der Waals surface area contributed by atoms with Crippen LogP contribution in [0.5, 0.6) is 5.75 Å². The Morgan fingerprint density at radius 3 is 2.73 bits per heavy atom. The first-order valence-electron chi connectivity index (χ1n) is 7.99. The van der Waals surface area contributed by atoms with Crippen molar-refractivity contribution in [2.45, 2.75) is 6.42 Å². The highest BCUT2D eigenvalue weighted by Crippen LogP contribution is 2.20. The van der Waals surface area contributed by atoms with Crippen LogP contribution in [0.25, 0.3) is 11.3 Å². The maximum Gasteiger partial charge on any atom is 0.269 e. The number of amides is 1. The molecule has 5 nitrogen and oxygen atoms in total. The lowest BCUT2D eigenvalue weighted by Crippen LogP contribution is -2.26. The van der Waals surface area contributed by atoms with Crippen LogP contribution in [0, 0.1) is 11.6 Å². The second-order valence-corrected chi connectivity index (χ2v) is 5.61. The number of benzene rings is 2. The normalized spacial score (nSPS) is 10.6. The molecule has 1 heterocycles. The summed E-state index contributed by atoms with van der Waals surface area (Å²) in [6.07, 6.45) is 0.611. The largest absolute Gasteiger partial charge is 0.496 e. The van der Waals surface area contributed by atoms with Gasteiger partial charge in [0.15, 0.2) is 11.6 Å². The summed E-state index contributed by atoms with van der Waals surface area (Å²) in [6.45, 7) is 0.415. The van der Waals surface area contributed by atoms with Gasteiger partial charge in [0.2, 0.25) is 0 Å². The van der Waals surface area contributed by atoms with Crippen molar-refractivity contribution in [3.05, 3.63) is 71.4 Å². The Morgan fingerprint density at radius 1 is 1.15 bits per heavy atom. The third-order valence-electron chi connectivity index (χ3n) is 3.91. The Bertz CT molecular complexity index is 925. The number of aromatic nitrogens is 2. The van der Waals surface area contributed by atoms with Gasteiger partial charge < -0.3 is 10.1 Å². The number of carbonyl (C=O) groups excluding carboxylic acids is 1. The Morgan fingerprint density at radius 2 is 1.96 bits per heavy atom. The number of H-pyrrole nitrogens is 1. The number of nitrogens with one attached hydrogen (secondary N) is 2. The van der Waals surface area contributed by atoms with E-state index in [0.29, 0.717) is 24.2 Å². The first kappa shape index (κ1) is 17.6. The Balaban J connectivity index is 1.62. The van der Waals surface area contributed by atoms with Crippen LogP contribution in [0.3, 0.4) is 0 Å². The van der Waals surface area contributed by atoms with E-state index in [9.17, 15) is 13.6 Å². The van der Waals surface area contributed by atoms with E-state index in [4.69, 9.17) is 4.74 Å². The molecule has 1 aromatic heterocycles. The van der Waals surface area contributed by atoms with Crippen LogP contribution < -0.4 is 10.1 Å². The van der Waals surface area contributed by atoms with Gasteiger partial charge in [-0.1, -0.05) is 18.2 Å². The lowest BCUT2D eigenvalue weighted by Gasteiger charge is -2.08. The van der Waals surface area contributed by atoms with Crippen molar-refractivity contribution < 1.29 is 18.3 Å². The molecule has 3 rings (SSSR count). The molecule has 0 saturated heterocycles. The van der Waals surface area contributed by atoms with Crippen molar-refractivity contribution in [3.63, 3.8) is 0 Å². The SMILES string of the molecule is COc1ccccc1CCNC(=O)c1cc(-c2ccc(F)c(F)c2)n[nH]1. The topological polar surface area (TPSA) is 67.0 Å². The standard InChI is InChI=1S/C19H17F2N3O2/c1-26-18-5-3-2-4-12(18)8-9-22-19(25)17-11-16(23-24-17)13-6-7-14(20)15(21)10-13/h2-7,10-11H,8-9H2,1H3,(H,22,25)(H,23,24). The van der Waals surface area contributed by atoms with Crippen LogP contribution in [0.2, 0.25) is 0 Å². The fraction of sp³-hybridized carbons (Fsp3) is 0.158. The molecule has 0 saturated carbocycles. The van der Waals surface area contributed by atoms with Crippen molar-refractivity contribution in [2.24, 2.45) is 0 Å². The van der Waals surface area contributed by atoms with Crippen LogP contribution in [0.4, 0.5) is 8.78 Å². The lowest BCUT2D eigenvalue weighted by molar-refractivity contribution is 0.0949. The fourth-order valence-corrected chi connectivity index (χ4v) is 2.56. The highest BCUT2D eigenvalue weighted by molar-refractivity contribution is 5.93. The van der Waals surface area contributed by atoms with Crippen molar-refractivity contribution in [2.75, 3.05) is 13.7 Å². The van der Waals surface area contributed by atoms with Gasteiger partial charge in [-0.15, -0.1) is 0 Å². The molecule has 0 radical (unpaired) electrons. The van der Waals surface area contributed by atoms with Crippen LogP contribution >= 0.6 is 0 Å². The van der Waals surface area contributed by atoms with Gasteiger partial charge in [-0.25, -0.2) is 8.78 Å². The zero-order valence-corrected chi connectivity index (χ0v) is 14.1. The van der Waals surface area contributed by atoms with Crippen LogP contribution in [0.1, 0.15) is 16.1 Å². The molecule has 2 N–H and O–H groups in total. The molecule has 0 unspecified atom stereocenters. The summed E-state index contributed by atoms with van der Waals surface area (Å²) >= 11 is 0. The minimum atomic E-state index is -0.965. The summed E-state index contributed by atoms with van der Waals surface area (Å²) in [5, 5.41) is 9.37. The second-order valence-electron chi connectivity index (χ2n) is 5.61. The molecule has 1 amide bonds. The van der Waals surface area contributed by atoms with Gasteiger partial charge in [0.05, 0.1) is 12.8 Å². The molecule has 26 heavy (non-hydrogen) atoms. The number of ether oxygens (including phenoxy) is 1. The predicted molar refractivity (Wildman–Crippen MR) is 93.0 cm³/mol. The summed E-state index contributed by atoms with van der Waals surface area (Å²) < 4.78 is 31.6. The predicted octanol–water partition coefficient (Wildman–Crippen LogP) is 3.34. The second kappa shape index (κ2) is 7.77. The monoisotopic (exact) mass is 357 g/mol. The Labute approximate surface area is 149 Å². The number of hydrogen-bond donors (Lipinski definition) is 2. The van der Waals surface area contributed by atoms with Gasteiger partial charge in [-0.2, -0.15) is 5.10 Å². The number of rotatable bonds is 6. The molecule has 0 fully saturated rings. The van der Waals surface area contributed by atoms with Crippen LogP contribution in [-0.4, -0.2) is 29.8 Å². The number of halogens is 2. The molecule has 0 bridgehead atoms. The molecule has 0 aliphatic heterocycles. The Kier molecular flexibility index (Phi) is 5.26. The van der Waals surface area contributed by atoms with Gasteiger partial charge in [-0.3, -0.25) is 9.89 Å². The highest BCUT2D eigenvalue weighted by Gasteiger charge is 2.12. The van der Waals surface area contributed by atoms with Gasteiger partial charge >= 0.3 is 0 Å². The third kappa shape index (κ3) is 3.88. The molecular weight excluding hydrogens is 340 g/mol. The van der Waals surface area contributed by atoms with Crippen molar-refractivity contribution in [3.8, 4) is 17.0 Å². The van der Waals surface area contributed by atoms with Crippen molar-refractivity contribution in [1.29, 1.82) is 0 Å². The lowest BCUT2D eigenvalue weighted by atomic mass is 10.1. The van der Waals surface area contributed by atoms with E-state index < -0.39 is 11.6 Å². The zero-order valence-electron chi connectivity index (χ0n) is 14.1. The number of aromatic amines is 1. The molecule has 7 heteroatoms.